The Hall–Kier alpha value is -2.66. The number of ether oxygens (including phenoxy) is 1. The van der Waals surface area contributed by atoms with Crippen molar-refractivity contribution in [3.05, 3.63) is 66.5 Å². The molecule has 0 saturated carbocycles. The molecular formula is C20H23N3O2. The largest absolute Gasteiger partial charge is 0.491 e. The molecule has 5 heteroatoms. The van der Waals surface area contributed by atoms with Gasteiger partial charge >= 0.3 is 0 Å². The average molecular weight is 337 g/mol. The summed E-state index contributed by atoms with van der Waals surface area (Å²) in [5.74, 6) is 1.84. The minimum Gasteiger partial charge on any atom is -0.491 e. The highest BCUT2D eigenvalue weighted by Gasteiger charge is 2.12. The molecule has 2 aromatic carbocycles. The van der Waals surface area contributed by atoms with Crippen molar-refractivity contribution in [2.75, 3.05) is 6.61 Å². The summed E-state index contributed by atoms with van der Waals surface area (Å²) < 4.78 is 7.46. The highest BCUT2D eigenvalue weighted by molar-refractivity contribution is 5.53. The number of nitrogens with zero attached hydrogens (tertiary/aromatic N) is 3. The van der Waals surface area contributed by atoms with Crippen LogP contribution in [0.5, 0.6) is 5.75 Å². The molecule has 1 N–H and O–H groups in total. The van der Waals surface area contributed by atoms with Gasteiger partial charge in [-0.05, 0) is 17.5 Å². The summed E-state index contributed by atoms with van der Waals surface area (Å²) in [6, 6.07) is 17.7. The molecule has 1 aromatic heterocycles. The fourth-order valence-electron chi connectivity index (χ4n) is 2.65. The van der Waals surface area contributed by atoms with E-state index in [2.05, 4.69) is 30.0 Å². The van der Waals surface area contributed by atoms with Crippen molar-refractivity contribution in [2.45, 2.75) is 32.4 Å². The first-order chi connectivity index (χ1) is 12.1. The highest BCUT2D eigenvalue weighted by atomic mass is 16.5. The molecule has 3 rings (SSSR count). The first kappa shape index (κ1) is 17.2. The van der Waals surface area contributed by atoms with Gasteiger partial charge in [-0.15, -0.1) is 0 Å². The maximum atomic E-state index is 10.3. The van der Waals surface area contributed by atoms with Crippen LogP contribution >= 0.6 is 0 Å². The second-order valence-corrected chi connectivity index (χ2v) is 6.31. The molecule has 130 valence electrons. The van der Waals surface area contributed by atoms with Crippen LogP contribution in [-0.4, -0.2) is 32.6 Å². The van der Waals surface area contributed by atoms with E-state index in [0.29, 0.717) is 18.3 Å². The molecule has 0 spiro atoms. The van der Waals surface area contributed by atoms with Crippen LogP contribution in [0.4, 0.5) is 0 Å². The zero-order valence-corrected chi connectivity index (χ0v) is 14.5. The van der Waals surface area contributed by atoms with Crippen molar-refractivity contribution in [3.8, 4) is 17.1 Å². The second kappa shape index (κ2) is 7.94. The molecule has 0 saturated heterocycles. The van der Waals surface area contributed by atoms with E-state index in [1.165, 1.54) is 0 Å². The van der Waals surface area contributed by atoms with Gasteiger partial charge in [0.2, 0.25) is 0 Å². The van der Waals surface area contributed by atoms with Crippen molar-refractivity contribution in [2.24, 2.45) is 0 Å². The van der Waals surface area contributed by atoms with Crippen LogP contribution in [0, 0.1) is 0 Å². The summed E-state index contributed by atoms with van der Waals surface area (Å²) in [5.41, 5.74) is 2.10. The zero-order valence-electron chi connectivity index (χ0n) is 14.5. The van der Waals surface area contributed by atoms with Gasteiger partial charge in [0.25, 0.3) is 0 Å². The fraction of sp³-hybridized carbons (Fsp3) is 0.300. The molecule has 0 aliphatic rings. The molecule has 1 atom stereocenters. The third kappa shape index (κ3) is 4.45. The van der Waals surface area contributed by atoms with Crippen molar-refractivity contribution in [3.63, 3.8) is 0 Å². The van der Waals surface area contributed by atoms with E-state index in [-0.39, 0.29) is 6.61 Å². The number of para-hydroxylation sites is 1. The van der Waals surface area contributed by atoms with E-state index in [0.717, 1.165) is 16.9 Å². The van der Waals surface area contributed by atoms with Gasteiger partial charge in [-0.1, -0.05) is 62.4 Å². The van der Waals surface area contributed by atoms with Gasteiger partial charge in [-0.25, -0.2) is 9.67 Å². The topological polar surface area (TPSA) is 60.2 Å². The normalized spacial score (nSPS) is 12.3. The lowest BCUT2D eigenvalue weighted by molar-refractivity contribution is 0.0887. The molecule has 25 heavy (non-hydrogen) atoms. The maximum Gasteiger partial charge on any atom is 0.181 e. The molecule has 0 radical (unpaired) electrons. The number of aliphatic hydroxyl groups is 1. The Labute approximate surface area is 147 Å². The van der Waals surface area contributed by atoms with Crippen LogP contribution in [0.3, 0.4) is 0 Å². The fourth-order valence-corrected chi connectivity index (χ4v) is 2.65. The van der Waals surface area contributed by atoms with Crippen molar-refractivity contribution in [1.29, 1.82) is 0 Å². The molecule has 0 bridgehead atoms. The minimum absolute atomic E-state index is 0.213. The van der Waals surface area contributed by atoms with Gasteiger partial charge in [0, 0.05) is 5.56 Å². The zero-order chi connectivity index (χ0) is 17.6. The third-order valence-corrected chi connectivity index (χ3v) is 3.94. The summed E-state index contributed by atoms with van der Waals surface area (Å²) in [5, 5.41) is 14.7. The molecule has 0 aliphatic carbocycles. The summed E-state index contributed by atoms with van der Waals surface area (Å²) in [6.45, 7) is 4.80. The average Bonchev–Trinajstić information content (AvgIpc) is 3.09. The van der Waals surface area contributed by atoms with Crippen LogP contribution in [-0.2, 0) is 6.54 Å². The number of aromatic nitrogens is 3. The summed E-state index contributed by atoms with van der Waals surface area (Å²) in [7, 11) is 0. The Morgan fingerprint density at radius 1 is 1.04 bits per heavy atom. The van der Waals surface area contributed by atoms with Crippen molar-refractivity contribution < 1.29 is 9.84 Å². The predicted octanol–water partition coefficient (Wildman–Crippen LogP) is 3.51. The molecule has 1 unspecified atom stereocenters. The van der Waals surface area contributed by atoms with Gasteiger partial charge in [0.05, 0.1) is 6.54 Å². The van der Waals surface area contributed by atoms with Gasteiger partial charge in [-0.3, -0.25) is 0 Å². The highest BCUT2D eigenvalue weighted by Crippen LogP contribution is 2.25. The molecule has 5 nitrogen and oxygen atoms in total. The van der Waals surface area contributed by atoms with Crippen LogP contribution in [0.15, 0.2) is 60.9 Å². The van der Waals surface area contributed by atoms with Gasteiger partial charge in [0.1, 0.15) is 24.8 Å². The third-order valence-electron chi connectivity index (χ3n) is 3.94. The Bertz CT molecular complexity index is 799. The minimum atomic E-state index is -0.662. The van der Waals surface area contributed by atoms with E-state index in [1.54, 1.807) is 11.0 Å². The number of hydrogen-bond acceptors (Lipinski definition) is 4. The SMILES string of the molecule is CC(C)c1ccccc1OCC(O)Cn1cnc(-c2ccccc2)n1. The van der Waals surface area contributed by atoms with Crippen LogP contribution < -0.4 is 4.74 Å². The van der Waals surface area contributed by atoms with Crippen molar-refractivity contribution >= 4 is 0 Å². The van der Waals surface area contributed by atoms with E-state index < -0.39 is 6.10 Å². The van der Waals surface area contributed by atoms with E-state index in [4.69, 9.17) is 4.74 Å². The first-order valence-corrected chi connectivity index (χ1v) is 8.48. The van der Waals surface area contributed by atoms with E-state index in [9.17, 15) is 5.11 Å². The summed E-state index contributed by atoms with van der Waals surface area (Å²) >= 11 is 0. The van der Waals surface area contributed by atoms with Gasteiger partial charge in [0.15, 0.2) is 5.82 Å². The van der Waals surface area contributed by atoms with Crippen LogP contribution in [0.25, 0.3) is 11.4 Å². The quantitative estimate of drug-likeness (QED) is 0.717. The summed E-state index contributed by atoms with van der Waals surface area (Å²) in [4.78, 5) is 4.30. The van der Waals surface area contributed by atoms with E-state index in [1.807, 2.05) is 48.5 Å². The number of aliphatic hydroxyl groups excluding tert-OH is 1. The Morgan fingerprint density at radius 2 is 1.76 bits per heavy atom. The van der Waals surface area contributed by atoms with Crippen LogP contribution in [0.2, 0.25) is 0 Å². The Balaban J connectivity index is 1.59. The Kier molecular flexibility index (Phi) is 5.46. The molecule has 0 aliphatic heterocycles. The molecular weight excluding hydrogens is 314 g/mol. The molecule has 0 fully saturated rings. The standard InChI is InChI=1S/C20H23N3O2/c1-15(2)18-10-6-7-11-19(18)25-13-17(24)12-23-14-21-20(22-23)16-8-4-3-5-9-16/h3-11,14-15,17,24H,12-13H2,1-2H3. The molecule has 1 heterocycles. The number of hydrogen-bond donors (Lipinski definition) is 1. The second-order valence-electron chi connectivity index (χ2n) is 6.31. The first-order valence-electron chi connectivity index (χ1n) is 8.48. The summed E-state index contributed by atoms with van der Waals surface area (Å²) in [6.07, 6.45) is 0.971. The van der Waals surface area contributed by atoms with Gasteiger partial charge < -0.3 is 9.84 Å². The lowest BCUT2D eigenvalue weighted by Crippen LogP contribution is -2.24. The Morgan fingerprint density at radius 3 is 2.52 bits per heavy atom. The lowest BCUT2D eigenvalue weighted by Gasteiger charge is -2.16. The van der Waals surface area contributed by atoms with Gasteiger partial charge in [-0.2, -0.15) is 5.10 Å². The van der Waals surface area contributed by atoms with E-state index >= 15 is 0 Å². The number of benzene rings is 2. The lowest BCUT2D eigenvalue weighted by atomic mass is 10.0. The molecule has 0 amide bonds. The monoisotopic (exact) mass is 337 g/mol. The smallest absolute Gasteiger partial charge is 0.181 e. The maximum absolute atomic E-state index is 10.3. The predicted molar refractivity (Wildman–Crippen MR) is 97.5 cm³/mol. The van der Waals surface area contributed by atoms with Crippen LogP contribution in [0.1, 0.15) is 25.3 Å². The van der Waals surface area contributed by atoms with Crippen molar-refractivity contribution in [1.82, 2.24) is 14.8 Å². The molecule has 3 aromatic rings. The number of rotatable bonds is 7.